The van der Waals surface area contributed by atoms with Gasteiger partial charge in [-0.2, -0.15) is 0 Å². The van der Waals surface area contributed by atoms with Crippen molar-refractivity contribution >= 4 is 23.6 Å². The zero-order valence-electron chi connectivity index (χ0n) is 15.1. The van der Waals surface area contributed by atoms with Crippen LogP contribution in [0.1, 0.15) is 6.92 Å². The molecule has 0 unspecified atom stereocenters. The molecule has 2 aliphatic heterocycles. The molecular weight excluding hydrogens is 344 g/mol. The summed E-state index contributed by atoms with van der Waals surface area (Å²) in [4.78, 5) is 52.1. The van der Waals surface area contributed by atoms with Crippen LogP contribution in [0.4, 0.5) is 0 Å². The van der Waals surface area contributed by atoms with Crippen LogP contribution in [0.25, 0.3) is 0 Å². The number of amides is 4. The van der Waals surface area contributed by atoms with Gasteiger partial charge in [0, 0.05) is 18.7 Å². The Bertz CT molecular complexity index is 848. The monoisotopic (exact) mass is 364 g/mol. The lowest BCUT2D eigenvalue weighted by molar-refractivity contribution is -0.141. The van der Waals surface area contributed by atoms with Gasteiger partial charge in [0.15, 0.2) is 0 Å². The molecule has 4 amide bonds. The van der Waals surface area contributed by atoms with Crippen LogP contribution in [0.5, 0.6) is 0 Å². The molecule has 6 nitrogen and oxygen atoms in total. The molecule has 6 heteroatoms. The van der Waals surface area contributed by atoms with Crippen molar-refractivity contribution < 1.29 is 19.2 Å². The van der Waals surface area contributed by atoms with Crippen LogP contribution < -0.4 is 0 Å². The maximum absolute atomic E-state index is 12.5. The average Bonchev–Trinajstić information content (AvgIpc) is 3.00. The van der Waals surface area contributed by atoms with E-state index in [1.807, 2.05) is 0 Å². The van der Waals surface area contributed by atoms with Gasteiger partial charge in [0.05, 0.1) is 16.7 Å². The van der Waals surface area contributed by atoms with E-state index in [-0.39, 0.29) is 35.4 Å². The van der Waals surface area contributed by atoms with E-state index in [2.05, 4.69) is 19.7 Å². The molecule has 0 aromatic rings. The summed E-state index contributed by atoms with van der Waals surface area (Å²) in [7, 11) is 0. The van der Waals surface area contributed by atoms with Gasteiger partial charge in [-0.25, -0.2) is 0 Å². The molecule has 0 aliphatic carbocycles. The Hall–Kier alpha value is -3.54. The van der Waals surface area contributed by atoms with E-state index in [0.29, 0.717) is 0 Å². The highest BCUT2D eigenvalue weighted by Crippen LogP contribution is 2.27. The minimum Gasteiger partial charge on any atom is -0.273 e. The number of allylic oxidation sites excluding steroid dienone is 7. The highest BCUT2D eigenvalue weighted by Gasteiger charge is 2.41. The second-order valence-corrected chi connectivity index (χ2v) is 5.67. The van der Waals surface area contributed by atoms with Crippen LogP contribution in [0, 0.1) is 0 Å². The van der Waals surface area contributed by atoms with Gasteiger partial charge in [-0.15, -0.1) is 0 Å². The zero-order valence-corrected chi connectivity index (χ0v) is 15.1. The first-order valence-corrected chi connectivity index (χ1v) is 8.30. The maximum Gasteiger partial charge on any atom is 0.261 e. The van der Waals surface area contributed by atoms with Gasteiger partial charge in [-0.1, -0.05) is 44.0 Å². The molecule has 138 valence electrons. The van der Waals surface area contributed by atoms with E-state index >= 15 is 0 Å². The predicted molar refractivity (Wildman–Crippen MR) is 102 cm³/mol. The molecule has 2 rings (SSSR count). The van der Waals surface area contributed by atoms with Gasteiger partial charge < -0.3 is 0 Å². The van der Waals surface area contributed by atoms with Crippen molar-refractivity contribution in [2.45, 2.75) is 6.92 Å². The topological polar surface area (TPSA) is 74.8 Å². The summed E-state index contributed by atoms with van der Waals surface area (Å²) in [6.45, 7) is 12.1. The van der Waals surface area contributed by atoms with Gasteiger partial charge in [-0.3, -0.25) is 29.0 Å². The normalized spacial score (nSPS) is 23.4. The SMILES string of the molecule is C=C/C=C1/C(=O)N(CCN2C(=O)C(=C/C=C)/C(=C\C=C)C2=O)C(=O)/C1=C/C. The Morgan fingerprint density at radius 3 is 1.22 bits per heavy atom. The fourth-order valence-corrected chi connectivity index (χ4v) is 2.95. The number of carbonyl (C=O) groups is 4. The molecule has 2 heterocycles. The molecule has 0 radical (unpaired) electrons. The quantitative estimate of drug-likeness (QED) is 0.534. The van der Waals surface area contributed by atoms with Crippen LogP contribution >= 0.6 is 0 Å². The Morgan fingerprint density at radius 1 is 0.630 bits per heavy atom. The first kappa shape index (κ1) is 19.8. The number of likely N-dealkylation sites (tertiary alicyclic amines) is 2. The molecule has 2 fully saturated rings. The fraction of sp³-hybridized carbons (Fsp3) is 0.143. The van der Waals surface area contributed by atoms with Crippen LogP contribution in [0.15, 0.2) is 84.6 Å². The average molecular weight is 364 g/mol. The molecule has 0 spiro atoms. The summed E-state index contributed by atoms with van der Waals surface area (Å²) in [6, 6.07) is 0. The van der Waals surface area contributed by atoms with Crippen molar-refractivity contribution in [1.82, 2.24) is 9.80 Å². The maximum atomic E-state index is 12.5. The lowest BCUT2D eigenvalue weighted by Gasteiger charge is -2.18. The van der Waals surface area contributed by atoms with E-state index in [0.717, 1.165) is 9.80 Å². The number of hydrogen-bond acceptors (Lipinski definition) is 4. The van der Waals surface area contributed by atoms with E-state index in [9.17, 15) is 19.2 Å². The molecule has 0 atom stereocenters. The van der Waals surface area contributed by atoms with Crippen LogP contribution in [-0.4, -0.2) is 46.5 Å². The largest absolute Gasteiger partial charge is 0.273 e. The van der Waals surface area contributed by atoms with Crippen molar-refractivity contribution in [1.29, 1.82) is 0 Å². The number of imide groups is 2. The lowest BCUT2D eigenvalue weighted by atomic mass is 10.1. The zero-order chi connectivity index (χ0) is 20.1. The minimum atomic E-state index is -0.500. The molecule has 2 aliphatic rings. The third kappa shape index (κ3) is 3.42. The van der Waals surface area contributed by atoms with Gasteiger partial charge in [0.25, 0.3) is 23.6 Å². The second-order valence-electron chi connectivity index (χ2n) is 5.67. The Kier molecular flexibility index (Phi) is 6.03. The van der Waals surface area contributed by atoms with Crippen molar-refractivity contribution in [3.05, 3.63) is 84.6 Å². The molecule has 0 bridgehead atoms. The molecule has 0 aromatic heterocycles. The highest BCUT2D eigenvalue weighted by molar-refractivity contribution is 6.26. The first-order chi connectivity index (χ1) is 12.9. The Balaban J connectivity index is 2.26. The molecule has 2 saturated heterocycles. The molecule has 0 aromatic carbocycles. The van der Waals surface area contributed by atoms with Crippen molar-refractivity contribution in [3.8, 4) is 0 Å². The standard InChI is InChI=1S/C21H20N2O4/c1-5-9-15-14(8-4)18(24)22(19(15)25)12-13-23-20(26)16(10-6-2)17(11-7-3)21(23)27/h5-11H,1-3,12-13H2,4H3/b14-8+,15-9+,16-10+,17-11+. The number of nitrogens with zero attached hydrogens (tertiary/aromatic N) is 2. The van der Waals surface area contributed by atoms with Crippen LogP contribution in [-0.2, 0) is 19.2 Å². The fourth-order valence-electron chi connectivity index (χ4n) is 2.95. The summed E-state index contributed by atoms with van der Waals surface area (Å²) in [5.74, 6) is -1.94. The Labute approximate surface area is 157 Å². The number of hydrogen-bond donors (Lipinski definition) is 0. The van der Waals surface area contributed by atoms with Crippen molar-refractivity contribution in [3.63, 3.8) is 0 Å². The molecule has 27 heavy (non-hydrogen) atoms. The summed E-state index contributed by atoms with van der Waals surface area (Å²) in [6.07, 6.45) is 10.2. The predicted octanol–water partition coefficient (Wildman–Crippen LogP) is 2.01. The smallest absolute Gasteiger partial charge is 0.261 e. The van der Waals surface area contributed by atoms with Gasteiger partial charge in [-0.05, 0) is 25.2 Å². The van der Waals surface area contributed by atoms with E-state index in [1.54, 1.807) is 13.0 Å². The van der Waals surface area contributed by atoms with Crippen LogP contribution in [0.2, 0.25) is 0 Å². The van der Waals surface area contributed by atoms with E-state index in [4.69, 9.17) is 0 Å². The molecule has 0 N–H and O–H groups in total. The third-order valence-corrected chi connectivity index (χ3v) is 4.17. The first-order valence-electron chi connectivity index (χ1n) is 8.30. The van der Waals surface area contributed by atoms with Crippen molar-refractivity contribution in [2.24, 2.45) is 0 Å². The van der Waals surface area contributed by atoms with Gasteiger partial charge in [0.1, 0.15) is 0 Å². The number of carbonyl (C=O) groups excluding carboxylic acids is 4. The summed E-state index contributed by atoms with van der Waals surface area (Å²) in [5.41, 5.74) is 0.931. The van der Waals surface area contributed by atoms with E-state index in [1.165, 1.54) is 36.5 Å². The minimum absolute atomic E-state index is 0.0935. The Morgan fingerprint density at radius 2 is 0.926 bits per heavy atom. The second kappa shape index (κ2) is 8.23. The lowest BCUT2D eigenvalue weighted by Crippen LogP contribution is -2.40. The highest BCUT2D eigenvalue weighted by atomic mass is 16.2. The van der Waals surface area contributed by atoms with Crippen molar-refractivity contribution in [2.75, 3.05) is 13.1 Å². The van der Waals surface area contributed by atoms with Crippen LogP contribution in [0.3, 0.4) is 0 Å². The molecule has 0 saturated carbocycles. The number of rotatable bonds is 6. The summed E-state index contributed by atoms with van der Waals surface area (Å²) >= 11 is 0. The third-order valence-electron chi connectivity index (χ3n) is 4.17. The summed E-state index contributed by atoms with van der Waals surface area (Å²) in [5, 5.41) is 0. The molecular formula is C21H20N2O4. The van der Waals surface area contributed by atoms with E-state index < -0.39 is 23.6 Å². The van der Waals surface area contributed by atoms with Gasteiger partial charge in [0.2, 0.25) is 0 Å². The summed E-state index contributed by atoms with van der Waals surface area (Å²) < 4.78 is 0. The van der Waals surface area contributed by atoms with Gasteiger partial charge >= 0.3 is 0 Å².